The van der Waals surface area contributed by atoms with Crippen LogP contribution in [0.15, 0.2) is 81.8 Å². The summed E-state index contributed by atoms with van der Waals surface area (Å²) >= 11 is 0. The van der Waals surface area contributed by atoms with Gasteiger partial charge in [-0.1, -0.05) is 67.0 Å². The Morgan fingerprint density at radius 1 is 1.15 bits per heavy atom. The van der Waals surface area contributed by atoms with E-state index in [2.05, 4.69) is 26.8 Å². The van der Waals surface area contributed by atoms with E-state index in [0.717, 1.165) is 24.0 Å². The first-order valence-corrected chi connectivity index (χ1v) is 13.1. The maximum atomic E-state index is 13.5. The summed E-state index contributed by atoms with van der Waals surface area (Å²) in [5.74, 6) is -0.358. The number of benzene rings is 1. The van der Waals surface area contributed by atoms with Crippen LogP contribution < -0.4 is 0 Å². The van der Waals surface area contributed by atoms with Gasteiger partial charge in [0.1, 0.15) is 6.61 Å². The molecule has 33 heavy (non-hydrogen) atoms. The SMILES string of the molecule is CC(=O)OC/C=C(/C)C[C@H](/C=C(C)\C=C\C1=C(C)CCCC1(C)C)S(=O)(=O)c1ccccc1. The zero-order valence-electron chi connectivity index (χ0n) is 20.9. The first-order chi connectivity index (χ1) is 15.4. The smallest absolute Gasteiger partial charge is 0.302 e. The Balaban J connectivity index is 2.36. The lowest BCUT2D eigenvalue weighted by Crippen LogP contribution is -2.20. The van der Waals surface area contributed by atoms with Crippen molar-refractivity contribution in [1.82, 2.24) is 0 Å². The molecule has 0 bridgehead atoms. The number of ether oxygens (including phenoxy) is 1. The summed E-state index contributed by atoms with van der Waals surface area (Å²) in [6, 6.07) is 8.56. The second kappa shape index (κ2) is 11.6. The number of hydrogen-bond acceptors (Lipinski definition) is 4. The number of carbonyl (C=O) groups excluding carboxylic acids is 1. The van der Waals surface area contributed by atoms with Crippen molar-refractivity contribution in [2.75, 3.05) is 6.61 Å². The van der Waals surface area contributed by atoms with Crippen molar-refractivity contribution in [3.63, 3.8) is 0 Å². The number of sulfone groups is 1. The molecule has 0 heterocycles. The van der Waals surface area contributed by atoms with Crippen LogP contribution in [0.2, 0.25) is 0 Å². The predicted octanol–water partition coefficient (Wildman–Crippen LogP) is 6.76. The van der Waals surface area contributed by atoms with Crippen LogP contribution in [-0.4, -0.2) is 26.2 Å². The Labute approximate surface area is 200 Å². The minimum atomic E-state index is -3.58. The molecule has 0 N–H and O–H groups in total. The fourth-order valence-corrected chi connectivity index (χ4v) is 6.08. The van der Waals surface area contributed by atoms with Gasteiger partial charge < -0.3 is 4.74 Å². The van der Waals surface area contributed by atoms with E-state index in [1.807, 2.05) is 32.1 Å². The second-order valence-electron chi connectivity index (χ2n) is 9.63. The highest BCUT2D eigenvalue weighted by molar-refractivity contribution is 7.92. The topological polar surface area (TPSA) is 60.4 Å². The first-order valence-electron chi connectivity index (χ1n) is 11.6. The Morgan fingerprint density at radius 2 is 1.82 bits per heavy atom. The van der Waals surface area contributed by atoms with Crippen LogP contribution in [0.3, 0.4) is 0 Å². The van der Waals surface area contributed by atoms with E-state index < -0.39 is 15.1 Å². The normalized spacial score (nSPS) is 18.5. The average molecular weight is 471 g/mol. The quantitative estimate of drug-likeness (QED) is 0.227. The van der Waals surface area contributed by atoms with E-state index in [-0.39, 0.29) is 18.0 Å². The second-order valence-corrected chi connectivity index (χ2v) is 11.8. The van der Waals surface area contributed by atoms with Crippen molar-refractivity contribution >= 4 is 15.8 Å². The van der Waals surface area contributed by atoms with Crippen LogP contribution in [0.4, 0.5) is 0 Å². The van der Waals surface area contributed by atoms with E-state index in [1.54, 1.807) is 30.3 Å². The molecule has 4 nitrogen and oxygen atoms in total. The van der Waals surface area contributed by atoms with Gasteiger partial charge in [-0.3, -0.25) is 4.79 Å². The third kappa shape index (κ3) is 7.85. The molecule has 1 aliphatic carbocycles. The lowest BCUT2D eigenvalue weighted by atomic mass is 9.72. The Hall–Kier alpha value is -2.40. The predicted molar refractivity (Wildman–Crippen MR) is 136 cm³/mol. The standard InChI is InChI=1S/C28H38O4S/c1-21(14-15-27-23(3)11-10-17-28(27,5)6)19-26(20-22(2)16-18-32-24(4)29)33(30,31)25-12-8-7-9-13-25/h7-9,12-16,19,26H,10-11,17-18,20H2,1-6H3/b15-14+,21-19-,22-16-/t26-/m0/s1. The van der Waals surface area contributed by atoms with Crippen molar-refractivity contribution in [2.24, 2.45) is 5.41 Å². The van der Waals surface area contributed by atoms with Crippen molar-refractivity contribution in [3.8, 4) is 0 Å². The number of esters is 1. The third-order valence-corrected chi connectivity index (χ3v) is 8.25. The number of allylic oxidation sites excluding steroid dienone is 6. The zero-order chi connectivity index (χ0) is 24.6. The van der Waals surface area contributed by atoms with Crippen LogP contribution in [0.5, 0.6) is 0 Å². The van der Waals surface area contributed by atoms with Crippen molar-refractivity contribution in [2.45, 2.75) is 77.4 Å². The highest BCUT2D eigenvalue weighted by Gasteiger charge is 2.27. The fourth-order valence-electron chi connectivity index (χ4n) is 4.32. The monoisotopic (exact) mass is 470 g/mol. The molecule has 5 heteroatoms. The molecule has 0 aromatic heterocycles. The highest BCUT2D eigenvalue weighted by atomic mass is 32.2. The molecule has 1 aromatic carbocycles. The van der Waals surface area contributed by atoms with Crippen molar-refractivity contribution in [1.29, 1.82) is 0 Å². The molecule has 1 aromatic rings. The number of hydrogen-bond donors (Lipinski definition) is 0. The van der Waals surface area contributed by atoms with E-state index in [4.69, 9.17) is 4.74 Å². The minimum absolute atomic E-state index is 0.130. The van der Waals surface area contributed by atoms with Gasteiger partial charge in [0.25, 0.3) is 0 Å². The molecule has 0 aliphatic heterocycles. The van der Waals surface area contributed by atoms with Crippen molar-refractivity contribution < 1.29 is 17.9 Å². The van der Waals surface area contributed by atoms with Crippen LogP contribution >= 0.6 is 0 Å². The molecule has 0 unspecified atom stereocenters. The summed E-state index contributed by atoms with van der Waals surface area (Å²) in [4.78, 5) is 11.3. The molecule has 0 amide bonds. The molecule has 1 aliphatic rings. The lowest BCUT2D eigenvalue weighted by molar-refractivity contribution is -0.139. The van der Waals surface area contributed by atoms with Crippen molar-refractivity contribution in [3.05, 3.63) is 76.9 Å². The molecule has 0 radical (unpaired) electrons. The van der Waals surface area contributed by atoms with E-state index in [9.17, 15) is 13.2 Å². The number of carbonyl (C=O) groups is 1. The van der Waals surface area contributed by atoms with Gasteiger partial charge in [0.05, 0.1) is 10.1 Å². The fraction of sp³-hybridized carbons (Fsp3) is 0.464. The molecule has 0 saturated carbocycles. The largest absolute Gasteiger partial charge is 0.462 e. The van der Waals surface area contributed by atoms with Gasteiger partial charge in [0.2, 0.25) is 0 Å². The van der Waals surface area contributed by atoms with Gasteiger partial charge in [-0.2, -0.15) is 0 Å². The van der Waals surface area contributed by atoms with Gasteiger partial charge in [-0.05, 0) is 75.7 Å². The lowest BCUT2D eigenvalue weighted by Gasteiger charge is -2.33. The summed E-state index contributed by atoms with van der Waals surface area (Å²) in [6.07, 6.45) is 11.6. The molecule has 0 spiro atoms. The first kappa shape index (κ1) is 26.8. The highest BCUT2D eigenvalue weighted by Crippen LogP contribution is 2.40. The zero-order valence-corrected chi connectivity index (χ0v) is 21.7. The summed E-state index contributed by atoms with van der Waals surface area (Å²) in [7, 11) is -3.58. The molecular weight excluding hydrogens is 432 g/mol. The summed E-state index contributed by atoms with van der Waals surface area (Å²) in [5.41, 5.74) is 4.66. The molecular formula is C28H38O4S. The molecule has 0 fully saturated rings. The Bertz CT molecular complexity index is 1050. The van der Waals surface area contributed by atoms with Crippen LogP contribution in [0.25, 0.3) is 0 Å². The average Bonchev–Trinajstić information content (AvgIpc) is 2.72. The maximum Gasteiger partial charge on any atom is 0.302 e. The summed E-state index contributed by atoms with van der Waals surface area (Å²) in [5, 5.41) is -0.715. The molecule has 0 saturated heterocycles. The van der Waals surface area contributed by atoms with E-state index in [0.29, 0.717) is 11.3 Å². The van der Waals surface area contributed by atoms with Gasteiger partial charge in [-0.25, -0.2) is 8.42 Å². The molecule has 180 valence electrons. The van der Waals surface area contributed by atoms with E-state index in [1.165, 1.54) is 24.5 Å². The maximum absolute atomic E-state index is 13.5. The van der Waals surface area contributed by atoms with E-state index >= 15 is 0 Å². The van der Waals surface area contributed by atoms with Crippen LogP contribution in [0.1, 0.15) is 67.2 Å². The minimum Gasteiger partial charge on any atom is -0.462 e. The number of rotatable bonds is 9. The van der Waals surface area contributed by atoms with Gasteiger partial charge in [-0.15, -0.1) is 0 Å². The van der Waals surface area contributed by atoms with Gasteiger partial charge in [0.15, 0.2) is 9.84 Å². The van der Waals surface area contributed by atoms with Gasteiger partial charge >= 0.3 is 5.97 Å². The summed E-state index contributed by atoms with van der Waals surface area (Å²) < 4.78 is 31.9. The molecule has 2 rings (SSSR count). The Morgan fingerprint density at radius 3 is 2.42 bits per heavy atom. The third-order valence-electron chi connectivity index (χ3n) is 6.22. The van der Waals surface area contributed by atoms with Gasteiger partial charge in [0, 0.05) is 6.92 Å². The summed E-state index contributed by atoms with van der Waals surface area (Å²) in [6.45, 7) is 12.1. The molecule has 1 atom stereocenters. The Kier molecular flexibility index (Phi) is 9.47. The van der Waals surface area contributed by atoms with Crippen LogP contribution in [0, 0.1) is 5.41 Å². The van der Waals surface area contributed by atoms with Crippen LogP contribution in [-0.2, 0) is 19.4 Å².